The summed E-state index contributed by atoms with van der Waals surface area (Å²) in [6.07, 6.45) is 2.08. The maximum atomic E-state index is 5.03. The lowest BCUT2D eigenvalue weighted by molar-refractivity contribution is 0.376. The predicted octanol–water partition coefficient (Wildman–Crippen LogP) is 1.14. The Hall–Kier alpha value is -0.830. The van der Waals surface area contributed by atoms with Crippen LogP contribution < -0.4 is 5.32 Å². The number of nitrogens with zero attached hydrogens (tertiary/aromatic N) is 1. The van der Waals surface area contributed by atoms with Crippen LogP contribution in [0.2, 0.25) is 0 Å². The van der Waals surface area contributed by atoms with E-state index >= 15 is 0 Å². The summed E-state index contributed by atoms with van der Waals surface area (Å²) in [6.45, 7) is 2.96. The van der Waals surface area contributed by atoms with Gasteiger partial charge in [-0.05, 0) is 26.9 Å². The molecule has 0 amide bonds. The zero-order chi connectivity index (χ0) is 8.10. The lowest BCUT2D eigenvalue weighted by Gasteiger charge is -1.93. The number of rotatable bonds is 4. The standard InChI is InChI=1S/C8H14N2O/c1-7-6-8(11-10-7)4-3-5-9-2/h6,9H,3-5H2,1-2H3. The van der Waals surface area contributed by atoms with Gasteiger partial charge in [-0.15, -0.1) is 0 Å². The number of aromatic nitrogens is 1. The Morgan fingerprint density at radius 1 is 1.64 bits per heavy atom. The summed E-state index contributed by atoms with van der Waals surface area (Å²) in [7, 11) is 1.95. The van der Waals surface area contributed by atoms with Crippen molar-refractivity contribution in [1.29, 1.82) is 0 Å². The van der Waals surface area contributed by atoms with Crippen LogP contribution in [0.15, 0.2) is 10.6 Å². The molecule has 0 aliphatic carbocycles. The van der Waals surface area contributed by atoms with Gasteiger partial charge in [-0.3, -0.25) is 0 Å². The Morgan fingerprint density at radius 3 is 3.00 bits per heavy atom. The maximum absolute atomic E-state index is 5.03. The lowest BCUT2D eigenvalue weighted by Crippen LogP contribution is -2.08. The summed E-state index contributed by atoms with van der Waals surface area (Å²) in [6, 6.07) is 1.98. The largest absolute Gasteiger partial charge is 0.361 e. The van der Waals surface area contributed by atoms with Crippen LogP contribution in [0, 0.1) is 6.92 Å². The maximum Gasteiger partial charge on any atom is 0.137 e. The second kappa shape index (κ2) is 4.13. The first kappa shape index (κ1) is 8.27. The van der Waals surface area contributed by atoms with E-state index in [0.29, 0.717) is 0 Å². The Balaban J connectivity index is 2.27. The first-order valence-corrected chi connectivity index (χ1v) is 3.89. The van der Waals surface area contributed by atoms with Gasteiger partial charge in [0.15, 0.2) is 0 Å². The highest BCUT2D eigenvalue weighted by Gasteiger charge is 1.98. The van der Waals surface area contributed by atoms with Crippen LogP contribution in [0.25, 0.3) is 0 Å². The van der Waals surface area contributed by atoms with E-state index in [1.807, 2.05) is 20.0 Å². The number of nitrogens with one attached hydrogen (secondary N) is 1. The summed E-state index contributed by atoms with van der Waals surface area (Å²) in [5.74, 6) is 0.984. The average Bonchev–Trinajstić information content (AvgIpc) is 2.37. The monoisotopic (exact) mass is 154 g/mol. The first-order valence-electron chi connectivity index (χ1n) is 3.89. The molecule has 0 aliphatic heterocycles. The van der Waals surface area contributed by atoms with Gasteiger partial charge >= 0.3 is 0 Å². The highest BCUT2D eigenvalue weighted by Crippen LogP contribution is 2.03. The molecule has 1 aromatic rings. The third kappa shape index (κ3) is 2.72. The highest BCUT2D eigenvalue weighted by atomic mass is 16.5. The fourth-order valence-electron chi connectivity index (χ4n) is 0.974. The molecule has 1 N–H and O–H groups in total. The van der Waals surface area contributed by atoms with Gasteiger partial charge in [0.2, 0.25) is 0 Å². The van der Waals surface area contributed by atoms with E-state index in [4.69, 9.17) is 4.52 Å². The Kier molecular flexibility index (Phi) is 3.11. The zero-order valence-electron chi connectivity index (χ0n) is 7.05. The molecule has 0 saturated carbocycles. The molecule has 0 atom stereocenters. The van der Waals surface area contributed by atoms with Crippen molar-refractivity contribution in [1.82, 2.24) is 10.5 Å². The normalized spacial score (nSPS) is 10.4. The molecule has 0 unspecified atom stereocenters. The van der Waals surface area contributed by atoms with Crippen molar-refractivity contribution < 1.29 is 4.52 Å². The summed E-state index contributed by atoms with van der Waals surface area (Å²) in [4.78, 5) is 0. The fraction of sp³-hybridized carbons (Fsp3) is 0.625. The number of hydrogen-bond donors (Lipinski definition) is 1. The topological polar surface area (TPSA) is 38.1 Å². The molecule has 1 aromatic heterocycles. The molecule has 0 bridgehead atoms. The number of aryl methyl sites for hydroxylation is 2. The van der Waals surface area contributed by atoms with E-state index in [1.54, 1.807) is 0 Å². The minimum atomic E-state index is 0.962. The van der Waals surface area contributed by atoms with Gasteiger partial charge < -0.3 is 9.84 Å². The molecule has 3 nitrogen and oxygen atoms in total. The fourth-order valence-corrected chi connectivity index (χ4v) is 0.974. The molecule has 3 heteroatoms. The third-order valence-corrected chi connectivity index (χ3v) is 1.53. The third-order valence-electron chi connectivity index (χ3n) is 1.53. The van der Waals surface area contributed by atoms with Gasteiger partial charge in [0.1, 0.15) is 5.76 Å². The molecular formula is C8H14N2O. The second-order valence-corrected chi connectivity index (χ2v) is 2.64. The van der Waals surface area contributed by atoms with Crippen molar-refractivity contribution in [3.05, 3.63) is 17.5 Å². The van der Waals surface area contributed by atoms with Gasteiger partial charge in [0.25, 0.3) is 0 Å². The highest BCUT2D eigenvalue weighted by molar-refractivity contribution is 5.02. The molecule has 11 heavy (non-hydrogen) atoms. The lowest BCUT2D eigenvalue weighted by atomic mass is 10.2. The van der Waals surface area contributed by atoms with Crippen LogP contribution in [0.4, 0.5) is 0 Å². The van der Waals surface area contributed by atoms with Crippen molar-refractivity contribution >= 4 is 0 Å². The van der Waals surface area contributed by atoms with Crippen LogP contribution >= 0.6 is 0 Å². The molecule has 62 valence electrons. The summed E-state index contributed by atoms with van der Waals surface area (Å²) in [5.41, 5.74) is 0.962. The second-order valence-electron chi connectivity index (χ2n) is 2.64. The molecule has 0 aliphatic rings. The molecule has 1 rings (SSSR count). The van der Waals surface area contributed by atoms with E-state index in [2.05, 4.69) is 10.5 Å². The summed E-state index contributed by atoms with van der Waals surface area (Å²) < 4.78 is 5.03. The molecule has 0 aromatic carbocycles. The van der Waals surface area contributed by atoms with Crippen LogP contribution in [0.5, 0.6) is 0 Å². The van der Waals surface area contributed by atoms with Crippen molar-refractivity contribution in [2.45, 2.75) is 19.8 Å². The molecular weight excluding hydrogens is 140 g/mol. The Labute approximate surface area is 66.8 Å². The van der Waals surface area contributed by atoms with Gasteiger partial charge in [-0.1, -0.05) is 5.16 Å². The molecule has 1 heterocycles. The van der Waals surface area contributed by atoms with Gasteiger partial charge in [-0.2, -0.15) is 0 Å². The molecule has 0 saturated heterocycles. The van der Waals surface area contributed by atoms with E-state index < -0.39 is 0 Å². The smallest absolute Gasteiger partial charge is 0.137 e. The molecule has 0 radical (unpaired) electrons. The Morgan fingerprint density at radius 2 is 2.45 bits per heavy atom. The molecule has 0 spiro atoms. The van der Waals surface area contributed by atoms with E-state index in [9.17, 15) is 0 Å². The van der Waals surface area contributed by atoms with Crippen LogP contribution in [-0.2, 0) is 6.42 Å². The summed E-state index contributed by atoms with van der Waals surface area (Å²) >= 11 is 0. The average molecular weight is 154 g/mol. The Bertz CT molecular complexity index is 208. The van der Waals surface area contributed by atoms with Crippen molar-refractivity contribution in [3.63, 3.8) is 0 Å². The van der Waals surface area contributed by atoms with Gasteiger partial charge in [0.05, 0.1) is 5.69 Å². The van der Waals surface area contributed by atoms with Crippen molar-refractivity contribution in [2.75, 3.05) is 13.6 Å². The first-order chi connectivity index (χ1) is 5.33. The minimum Gasteiger partial charge on any atom is -0.361 e. The van der Waals surface area contributed by atoms with Crippen LogP contribution in [-0.4, -0.2) is 18.7 Å². The van der Waals surface area contributed by atoms with Crippen molar-refractivity contribution in [3.8, 4) is 0 Å². The predicted molar refractivity (Wildman–Crippen MR) is 43.5 cm³/mol. The van der Waals surface area contributed by atoms with Gasteiger partial charge in [0, 0.05) is 12.5 Å². The molecule has 0 fully saturated rings. The number of hydrogen-bond acceptors (Lipinski definition) is 3. The quantitative estimate of drug-likeness (QED) is 0.661. The van der Waals surface area contributed by atoms with E-state index in [-0.39, 0.29) is 0 Å². The van der Waals surface area contributed by atoms with Crippen LogP contribution in [0.1, 0.15) is 17.9 Å². The van der Waals surface area contributed by atoms with E-state index in [1.165, 1.54) is 0 Å². The van der Waals surface area contributed by atoms with E-state index in [0.717, 1.165) is 30.8 Å². The van der Waals surface area contributed by atoms with Gasteiger partial charge in [-0.25, -0.2) is 0 Å². The minimum absolute atomic E-state index is 0.962. The SMILES string of the molecule is CNCCCc1cc(C)no1. The summed E-state index contributed by atoms with van der Waals surface area (Å²) in [5, 5.41) is 6.88. The zero-order valence-corrected chi connectivity index (χ0v) is 7.05. The van der Waals surface area contributed by atoms with Crippen LogP contribution in [0.3, 0.4) is 0 Å². The van der Waals surface area contributed by atoms with Crippen molar-refractivity contribution in [2.24, 2.45) is 0 Å².